The average molecular weight is 196 g/mol. The highest BCUT2D eigenvalue weighted by Crippen LogP contribution is 2.42. The zero-order chi connectivity index (χ0) is 10.8. The molecular weight excluding hydrogens is 180 g/mol. The van der Waals surface area contributed by atoms with Crippen molar-refractivity contribution in [3.63, 3.8) is 0 Å². The molecule has 0 spiro atoms. The van der Waals surface area contributed by atoms with Gasteiger partial charge in [0, 0.05) is 6.42 Å². The second kappa shape index (κ2) is 3.95. The van der Waals surface area contributed by atoms with Crippen molar-refractivity contribution >= 4 is 11.8 Å². The zero-order valence-electron chi connectivity index (χ0n) is 8.71. The minimum absolute atomic E-state index is 0.00301. The van der Waals surface area contributed by atoms with E-state index in [1.807, 2.05) is 6.92 Å². The number of ether oxygens (including phenoxy) is 1. The van der Waals surface area contributed by atoms with Crippen LogP contribution in [0, 0.1) is 11.3 Å². The van der Waals surface area contributed by atoms with E-state index in [9.17, 15) is 9.59 Å². The summed E-state index contributed by atoms with van der Waals surface area (Å²) in [4.78, 5) is 23.4. The fourth-order valence-electron chi connectivity index (χ4n) is 2.16. The molecule has 0 aromatic heterocycles. The van der Waals surface area contributed by atoms with Crippen molar-refractivity contribution in [3.05, 3.63) is 12.7 Å². The fourth-order valence-corrected chi connectivity index (χ4v) is 2.16. The molecular formula is C11H16O3. The number of allylic oxidation sites excluding steroid dienone is 1. The van der Waals surface area contributed by atoms with Gasteiger partial charge >= 0.3 is 5.97 Å². The Morgan fingerprint density at radius 1 is 1.71 bits per heavy atom. The van der Waals surface area contributed by atoms with Crippen LogP contribution >= 0.6 is 0 Å². The molecule has 3 nitrogen and oxygen atoms in total. The van der Waals surface area contributed by atoms with Gasteiger partial charge in [-0.05, 0) is 18.8 Å². The van der Waals surface area contributed by atoms with Crippen LogP contribution in [0.25, 0.3) is 0 Å². The summed E-state index contributed by atoms with van der Waals surface area (Å²) in [6.07, 6.45) is 3.49. The van der Waals surface area contributed by atoms with E-state index >= 15 is 0 Å². The number of hydrogen-bond acceptors (Lipinski definition) is 3. The molecule has 0 amide bonds. The third-order valence-corrected chi connectivity index (χ3v) is 3.15. The second-order valence-electron chi connectivity index (χ2n) is 3.76. The van der Waals surface area contributed by atoms with Crippen molar-refractivity contribution in [1.82, 2.24) is 0 Å². The van der Waals surface area contributed by atoms with E-state index < -0.39 is 11.4 Å². The highest BCUT2D eigenvalue weighted by atomic mass is 16.5. The number of hydrogen-bond donors (Lipinski definition) is 0. The molecule has 0 bridgehead atoms. The van der Waals surface area contributed by atoms with Crippen LogP contribution in [-0.2, 0) is 14.3 Å². The van der Waals surface area contributed by atoms with Gasteiger partial charge in [-0.3, -0.25) is 9.59 Å². The van der Waals surface area contributed by atoms with Gasteiger partial charge in [-0.25, -0.2) is 0 Å². The van der Waals surface area contributed by atoms with Crippen LogP contribution in [0.4, 0.5) is 0 Å². The molecule has 1 fully saturated rings. The summed E-state index contributed by atoms with van der Waals surface area (Å²) in [5.74, 6) is -0.561. The molecule has 1 aliphatic rings. The minimum Gasteiger partial charge on any atom is -0.468 e. The summed E-state index contributed by atoms with van der Waals surface area (Å²) in [7, 11) is 1.32. The van der Waals surface area contributed by atoms with Crippen molar-refractivity contribution in [2.45, 2.75) is 26.2 Å². The third-order valence-electron chi connectivity index (χ3n) is 3.15. The molecule has 14 heavy (non-hydrogen) atoms. The monoisotopic (exact) mass is 196 g/mol. The Morgan fingerprint density at radius 2 is 2.36 bits per heavy atom. The first-order chi connectivity index (χ1) is 6.59. The Hall–Kier alpha value is -1.12. The van der Waals surface area contributed by atoms with E-state index in [1.165, 1.54) is 7.11 Å². The van der Waals surface area contributed by atoms with Gasteiger partial charge in [0.25, 0.3) is 0 Å². The Balaban J connectivity index is 3.07. The number of carbonyl (C=O) groups is 2. The quantitative estimate of drug-likeness (QED) is 0.392. The molecule has 0 N–H and O–H groups in total. The van der Waals surface area contributed by atoms with Gasteiger partial charge in [0.05, 0.1) is 7.11 Å². The first-order valence-electron chi connectivity index (χ1n) is 4.84. The van der Waals surface area contributed by atoms with Gasteiger partial charge in [0.2, 0.25) is 0 Å². The molecule has 78 valence electrons. The molecule has 0 aliphatic heterocycles. The van der Waals surface area contributed by atoms with Crippen LogP contribution in [0.3, 0.4) is 0 Å². The Morgan fingerprint density at radius 3 is 2.71 bits per heavy atom. The Kier molecular flexibility index (Phi) is 3.09. The lowest BCUT2D eigenvalue weighted by molar-refractivity contribution is -0.158. The molecule has 0 saturated heterocycles. The lowest BCUT2D eigenvalue weighted by Crippen LogP contribution is -2.41. The Bertz CT molecular complexity index is 270. The maximum atomic E-state index is 11.7. The molecule has 1 saturated carbocycles. The maximum Gasteiger partial charge on any atom is 0.319 e. The first kappa shape index (κ1) is 11.0. The minimum atomic E-state index is -0.948. The highest BCUT2D eigenvalue weighted by Gasteiger charge is 2.52. The number of ketones is 1. The van der Waals surface area contributed by atoms with E-state index in [0.29, 0.717) is 12.8 Å². The summed E-state index contributed by atoms with van der Waals surface area (Å²) in [5.41, 5.74) is -0.948. The normalized spacial score (nSPS) is 28.6. The summed E-state index contributed by atoms with van der Waals surface area (Å²) < 4.78 is 4.72. The fraction of sp³-hybridized carbons (Fsp3) is 0.636. The van der Waals surface area contributed by atoms with Crippen molar-refractivity contribution in [1.29, 1.82) is 0 Å². The van der Waals surface area contributed by atoms with Crippen LogP contribution in [0.15, 0.2) is 12.7 Å². The summed E-state index contributed by atoms with van der Waals surface area (Å²) >= 11 is 0. The van der Waals surface area contributed by atoms with Crippen LogP contribution in [0.2, 0.25) is 0 Å². The zero-order valence-corrected chi connectivity index (χ0v) is 8.71. The van der Waals surface area contributed by atoms with E-state index in [-0.39, 0.29) is 11.7 Å². The molecule has 2 atom stereocenters. The van der Waals surface area contributed by atoms with E-state index in [2.05, 4.69) is 6.58 Å². The Labute approximate surface area is 84.1 Å². The molecule has 0 aromatic rings. The molecule has 3 heteroatoms. The largest absolute Gasteiger partial charge is 0.468 e. The molecule has 1 rings (SSSR count). The molecule has 1 aliphatic carbocycles. The number of rotatable bonds is 3. The van der Waals surface area contributed by atoms with Crippen LogP contribution in [-0.4, -0.2) is 18.9 Å². The van der Waals surface area contributed by atoms with Gasteiger partial charge in [-0.2, -0.15) is 0 Å². The topological polar surface area (TPSA) is 43.4 Å². The molecule has 0 radical (unpaired) electrons. The standard InChI is InChI=1S/C11H16O3/c1-4-8(2)11(10(13)14-3)7-5-6-9(11)12/h4,8H,1,5-7H2,2-3H3/t8-,11-/m1/s1. The van der Waals surface area contributed by atoms with Crippen LogP contribution in [0.5, 0.6) is 0 Å². The predicted octanol–water partition coefficient (Wildman–Crippen LogP) is 1.72. The van der Waals surface area contributed by atoms with Crippen molar-refractivity contribution in [3.8, 4) is 0 Å². The maximum absolute atomic E-state index is 11.7. The highest BCUT2D eigenvalue weighted by molar-refractivity contribution is 6.05. The van der Waals surface area contributed by atoms with E-state index in [0.717, 1.165) is 6.42 Å². The van der Waals surface area contributed by atoms with E-state index in [1.54, 1.807) is 6.08 Å². The van der Waals surface area contributed by atoms with E-state index in [4.69, 9.17) is 4.74 Å². The number of Topliss-reactive ketones (excluding diaryl/α,β-unsaturated/α-hetero) is 1. The van der Waals surface area contributed by atoms with Gasteiger partial charge in [0.15, 0.2) is 5.78 Å². The van der Waals surface area contributed by atoms with Gasteiger partial charge in [0.1, 0.15) is 5.41 Å². The van der Waals surface area contributed by atoms with Crippen molar-refractivity contribution < 1.29 is 14.3 Å². The summed E-state index contributed by atoms with van der Waals surface area (Å²) in [5, 5.41) is 0. The molecule has 0 heterocycles. The van der Waals surface area contributed by atoms with Gasteiger partial charge < -0.3 is 4.74 Å². The summed E-state index contributed by atoms with van der Waals surface area (Å²) in [6, 6.07) is 0. The number of methoxy groups -OCH3 is 1. The molecule has 0 unspecified atom stereocenters. The smallest absolute Gasteiger partial charge is 0.319 e. The second-order valence-corrected chi connectivity index (χ2v) is 3.76. The lowest BCUT2D eigenvalue weighted by atomic mass is 9.74. The first-order valence-corrected chi connectivity index (χ1v) is 4.84. The summed E-state index contributed by atoms with van der Waals surface area (Å²) in [6.45, 7) is 5.48. The van der Waals surface area contributed by atoms with Crippen molar-refractivity contribution in [2.75, 3.05) is 7.11 Å². The van der Waals surface area contributed by atoms with Crippen LogP contribution < -0.4 is 0 Å². The third kappa shape index (κ3) is 1.37. The lowest BCUT2D eigenvalue weighted by Gasteiger charge is -2.28. The number of carbonyl (C=O) groups excluding carboxylic acids is 2. The van der Waals surface area contributed by atoms with Crippen molar-refractivity contribution in [2.24, 2.45) is 11.3 Å². The van der Waals surface area contributed by atoms with Gasteiger partial charge in [-0.1, -0.05) is 13.0 Å². The number of esters is 1. The predicted molar refractivity (Wildman–Crippen MR) is 52.7 cm³/mol. The SMILES string of the molecule is C=C[C@@H](C)[C@]1(C(=O)OC)CCCC1=O. The van der Waals surface area contributed by atoms with Crippen LogP contribution in [0.1, 0.15) is 26.2 Å². The molecule has 0 aromatic carbocycles. The average Bonchev–Trinajstić information content (AvgIpc) is 2.59. The van der Waals surface area contributed by atoms with Gasteiger partial charge in [-0.15, -0.1) is 6.58 Å².